The van der Waals surface area contributed by atoms with Gasteiger partial charge >= 0.3 is 7.12 Å². The zero-order valence-electron chi connectivity index (χ0n) is 12.5. The molecule has 3 atom stereocenters. The molecule has 0 radical (unpaired) electrons. The number of hydrogen-bond acceptors (Lipinski definition) is 3. The Morgan fingerprint density at radius 1 is 1.29 bits per heavy atom. The molecule has 2 aliphatic rings. The van der Waals surface area contributed by atoms with Crippen LogP contribution >= 0.6 is 0 Å². The predicted octanol–water partition coefficient (Wildman–Crippen LogP) is 1.37. The van der Waals surface area contributed by atoms with Gasteiger partial charge in [-0.3, -0.25) is 0 Å². The van der Waals surface area contributed by atoms with Crippen LogP contribution in [0.4, 0.5) is 4.39 Å². The minimum atomic E-state index is -1.62. The molecule has 2 bridgehead atoms. The van der Waals surface area contributed by atoms with E-state index in [0.717, 1.165) is 29.9 Å². The highest BCUT2D eigenvalue weighted by Crippen LogP contribution is 2.48. The van der Waals surface area contributed by atoms with Crippen molar-refractivity contribution in [3.05, 3.63) is 29.6 Å². The topological polar surface area (TPSA) is 43.7 Å². The molecule has 2 N–H and O–H groups in total. The highest BCUT2D eigenvalue weighted by molar-refractivity contribution is 6.59. The van der Waals surface area contributed by atoms with Gasteiger partial charge in [-0.2, -0.15) is 0 Å². The fourth-order valence-corrected chi connectivity index (χ4v) is 4.31. The predicted molar refractivity (Wildman–Crippen MR) is 81.5 cm³/mol. The van der Waals surface area contributed by atoms with Gasteiger partial charge in [0.25, 0.3) is 0 Å². The van der Waals surface area contributed by atoms with Gasteiger partial charge in [0.05, 0.1) is 0 Å². The average Bonchev–Trinajstić information content (AvgIpc) is 3.02. The average molecular weight is 291 g/mol. The van der Waals surface area contributed by atoms with Crippen molar-refractivity contribution < 1.29 is 14.4 Å². The summed E-state index contributed by atoms with van der Waals surface area (Å²) in [5.41, 5.74) is 1.06. The molecule has 21 heavy (non-hydrogen) atoms. The summed E-state index contributed by atoms with van der Waals surface area (Å²) in [7, 11) is 0.440. The Bertz CT molecular complexity index is 511. The molecule has 0 spiro atoms. The molecule has 0 aromatic heterocycles. The standard InChI is InChI=1S/C16H23BFNO2/c1-19(10-14-7-11-2-3-12(14)6-11)9-13-4-5-15(18)8-16(13)17(20)21/h4-5,8,11-12,14,20-21H,2-3,6-7,9-10H2,1H3. The third-order valence-electron chi connectivity index (χ3n) is 5.26. The summed E-state index contributed by atoms with van der Waals surface area (Å²) in [4.78, 5) is 2.23. The summed E-state index contributed by atoms with van der Waals surface area (Å²) in [6.45, 7) is 1.67. The van der Waals surface area contributed by atoms with Crippen LogP contribution in [0.1, 0.15) is 31.2 Å². The van der Waals surface area contributed by atoms with Crippen LogP contribution in [0.2, 0.25) is 0 Å². The van der Waals surface area contributed by atoms with Crippen molar-refractivity contribution >= 4 is 12.6 Å². The van der Waals surface area contributed by atoms with E-state index in [-0.39, 0.29) is 5.46 Å². The molecule has 0 aliphatic heterocycles. The molecular weight excluding hydrogens is 268 g/mol. The number of hydrogen-bond donors (Lipinski definition) is 2. The molecule has 2 aliphatic carbocycles. The molecule has 2 saturated carbocycles. The molecule has 5 heteroatoms. The molecule has 114 valence electrons. The van der Waals surface area contributed by atoms with Crippen LogP contribution in [0.5, 0.6) is 0 Å². The molecule has 1 aromatic rings. The van der Waals surface area contributed by atoms with E-state index in [1.165, 1.54) is 37.8 Å². The van der Waals surface area contributed by atoms with E-state index in [4.69, 9.17) is 0 Å². The second kappa shape index (κ2) is 6.07. The zero-order chi connectivity index (χ0) is 15.0. The molecule has 0 heterocycles. The summed E-state index contributed by atoms with van der Waals surface area (Å²) >= 11 is 0. The van der Waals surface area contributed by atoms with Gasteiger partial charge in [0, 0.05) is 13.1 Å². The van der Waals surface area contributed by atoms with E-state index in [2.05, 4.69) is 11.9 Å². The van der Waals surface area contributed by atoms with Crippen LogP contribution in [-0.4, -0.2) is 35.7 Å². The monoisotopic (exact) mass is 291 g/mol. The molecule has 2 fully saturated rings. The maximum atomic E-state index is 13.2. The van der Waals surface area contributed by atoms with E-state index >= 15 is 0 Å². The van der Waals surface area contributed by atoms with Crippen molar-refractivity contribution in [1.82, 2.24) is 4.90 Å². The van der Waals surface area contributed by atoms with E-state index in [9.17, 15) is 14.4 Å². The first kappa shape index (κ1) is 15.0. The smallest absolute Gasteiger partial charge is 0.423 e. The van der Waals surface area contributed by atoms with Gasteiger partial charge in [0.2, 0.25) is 0 Å². The quantitative estimate of drug-likeness (QED) is 0.805. The lowest BCUT2D eigenvalue weighted by Gasteiger charge is -2.27. The summed E-state index contributed by atoms with van der Waals surface area (Å²) in [6, 6.07) is 4.25. The molecule has 1 aromatic carbocycles. The van der Waals surface area contributed by atoms with Crippen molar-refractivity contribution in [2.45, 2.75) is 32.2 Å². The second-order valence-corrected chi connectivity index (χ2v) is 6.85. The summed E-state index contributed by atoms with van der Waals surface area (Å²) in [5, 5.41) is 18.8. The lowest BCUT2D eigenvalue weighted by atomic mass is 9.76. The minimum absolute atomic E-state index is 0.273. The van der Waals surface area contributed by atoms with Crippen LogP contribution in [-0.2, 0) is 6.54 Å². The summed E-state index contributed by atoms with van der Waals surface area (Å²) in [5.74, 6) is 2.16. The molecular formula is C16H23BFNO2. The highest BCUT2D eigenvalue weighted by atomic mass is 19.1. The van der Waals surface area contributed by atoms with Gasteiger partial charge in [-0.25, -0.2) is 4.39 Å². The van der Waals surface area contributed by atoms with Crippen LogP contribution in [0.15, 0.2) is 18.2 Å². The largest absolute Gasteiger partial charge is 0.488 e. The van der Waals surface area contributed by atoms with Gasteiger partial charge in [0.1, 0.15) is 5.82 Å². The van der Waals surface area contributed by atoms with Crippen LogP contribution in [0, 0.1) is 23.6 Å². The number of rotatable bonds is 5. The fourth-order valence-electron chi connectivity index (χ4n) is 4.31. The van der Waals surface area contributed by atoms with Crippen LogP contribution in [0.25, 0.3) is 0 Å². The molecule has 0 saturated heterocycles. The maximum Gasteiger partial charge on any atom is 0.488 e. The lowest BCUT2D eigenvalue weighted by Crippen LogP contribution is -2.36. The first-order valence-corrected chi connectivity index (χ1v) is 7.86. The number of nitrogens with zero attached hydrogens (tertiary/aromatic N) is 1. The van der Waals surface area contributed by atoms with E-state index < -0.39 is 12.9 Å². The van der Waals surface area contributed by atoms with Crippen molar-refractivity contribution in [2.24, 2.45) is 17.8 Å². The van der Waals surface area contributed by atoms with Crippen molar-refractivity contribution in [2.75, 3.05) is 13.6 Å². The van der Waals surface area contributed by atoms with Crippen LogP contribution in [0.3, 0.4) is 0 Å². The third kappa shape index (κ3) is 3.30. The van der Waals surface area contributed by atoms with Gasteiger partial charge in [-0.1, -0.05) is 12.5 Å². The van der Waals surface area contributed by atoms with Gasteiger partial charge in [-0.05, 0) is 67.2 Å². The van der Waals surface area contributed by atoms with Crippen molar-refractivity contribution in [1.29, 1.82) is 0 Å². The Labute approximate surface area is 125 Å². The Balaban J connectivity index is 1.63. The van der Waals surface area contributed by atoms with E-state index in [0.29, 0.717) is 6.54 Å². The first-order valence-electron chi connectivity index (χ1n) is 7.86. The molecule has 3 unspecified atom stereocenters. The van der Waals surface area contributed by atoms with Gasteiger partial charge < -0.3 is 14.9 Å². The fraction of sp³-hybridized carbons (Fsp3) is 0.625. The van der Waals surface area contributed by atoms with Crippen molar-refractivity contribution in [3.8, 4) is 0 Å². The Morgan fingerprint density at radius 2 is 2.10 bits per heavy atom. The van der Waals surface area contributed by atoms with E-state index in [1.807, 2.05) is 0 Å². The molecule has 3 rings (SSSR count). The maximum absolute atomic E-state index is 13.2. The number of benzene rings is 1. The second-order valence-electron chi connectivity index (χ2n) is 6.85. The normalized spacial score (nSPS) is 27.6. The summed E-state index contributed by atoms with van der Waals surface area (Å²) in [6.07, 6.45) is 5.52. The zero-order valence-corrected chi connectivity index (χ0v) is 12.5. The van der Waals surface area contributed by atoms with Gasteiger partial charge in [-0.15, -0.1) is 0 Å². The third-order valence-corrected chi connectivity index (χ3v) is 5.26. The molecule has 3 nitrogen and oxygen atoms in total. The van der Waals surface area contributed by atoms with Gasteiger partial charge in [0.15, 0.2) is 0 Å². The number of fused-ring (bicyclic) bond motifs is 2. The Hall–Kier alpha value is -0.905. The minimum Gasteiger partial charge on any atom is -0.423 e. The Morgan fingerprint density at radius 3 is 2.71 bits per heavy atom. The Kier molecular flexibility index (Phi) is 4.34. The lowest BCUT2D eigenvalue weighted by molar-refractivity contribution is 0.215. The number of halogens is 1. The highest BCUT2D eigenvalue weighted by Gasteiger charge is 2.39. The van der Waals surface area contributed by atoms with Crippen molar-refractivity contribution in [3.63, 3.8) is 0 Å². The molecule has 0 amide bonds. The first-order chi connectivity index (χ1) is 10.0. The van der Waals surface area contributed by atoms with E-state index in [1.54, 1.807) is 6.07 Å². The SMILES string of the molecule is CN(Cc1ccc(F)cc1B(O)O)CC1CC2CCC1C2. The summed E-state index contributed by atoms with van der Waals surface area (Å²) < 4.78 is 13.2. The van der Waals surface area contributed by atoms with Crippen LogP contribution < -0.4 is 5.46 Å².